The summed E-state index contributed by atoms with van der Waals surface area (Å²) in [5.41, 5.74) is 6.95. The van der Waals surface area contributed by atoms with E-state index in [2.05, 4.69) is 0 Å². The van der Waals surface area contributed by atoms with Crippen molar-refractivity contribution in [3.8, 4) is 6.07 Å². The van der Waals surface area contributed by atoms with Crippen molar-refractivity contribution in [1.29, 1.82) is 5.26 Å². The smallest absolute Gasteiger partial charge is 0.204 e. The van der Waals surface area contributed by atoms with Gasteiger partial charge in [0.15, 0.2) is 0 Å². The first-order valence-electron chi connectivity index (χ1n) is 5.14. The average molecular weight is 261 g/mol. The Bertz CT molecular complexity index is 582. The third-order valence-corrected chi connectivity index (χ3v) is 2.92. The summed E-state index contributed by atoms with van der Waals surface area (Å²) in [6, 6.07) is 8.87. The average Bonchev–Trinajstić information content (AvgIpc) is 2.39. The lowest BCUT2D eigenvalue weighted by molar-refractivity contribution is -0.105. The van der Waals surface area contributed by atoms with Gasteiger partial charge >= 0.3 is 0 Å². The van der Waals surface area contributed by atoms with Crippen LogP contribution in [0.25, 0.3) is 0 Å². The molecule has 1 aromatic rings. The van der Waals surface area contributed by atoms with Gasteiger partial charge in [0.1, 0.15) is 24.2 Å². The Hall–Kier alpha value is -2.25. The number of carbonyl (C=O) groups is 1. The number of rotatable bonds is 2. The van der Waals surface area contributed by atoms with Crippen LogP contribution >= 0.6 is 11.6 Å². The number of aldehydes is 1. The van der Waals surface area contributed by atoms with Gasteiger partial charge in [0.05, 0.1) is 5.92 Å². The third kappa shape index (κ3) is 2.08. The van der Waals surface area contributed by atoms with Crippen molar-refractivity contribution in [3.05, 3.63) is 58.1 Å². The van der Waals surface area contributed by atoms with E-state index in [1.807, 2.05) is 6.07 Å². The number of nitrogens with zero attached hydrogens (tertiary/aromatic N) is 1. The highest BCUT2D eigenvalue weighted by atomic mass is 35.5. The molecule has 0 radical (unpaired) electrons. The van der Waals surface area contributed by atoms with Crippen molar-refractivity contribution in [2.24, 2.45) is 5.73 Å². The zero-order chi connectivity index (χ0) is 13.1. The molecule has 0 bridgehead atoms. The molecule has 2 rings (SSSR count). The Labute approximate surface area is 109 Å². The second-order valence-corrected chi connectivity index (χ2v) is 4.16. The second-order valence-electron chi connectivity index (χ2n) is 3.73. The summed E-state index contributed by atoms with van der Waals surface area (Å²) < 4.78 is 4.98. The van der Waals surface area contributed by atoms with E-state index in [4.69, 9.17) is 27.3 Å². The molecular weight excluding hydrogens is 252 g/mol. The first-order chi connectivity index (χ1) is 8.67. The first-order valence-corrected chi connectivity index (χ1v) is 5.52. The minimum atomic E-state index is -0.501. The summed E-state index contributed by atoms with van der Waals surface area (Å²) in [4.78, 5) is 11.0. The summed E-state index contributed by atoms with van der Waals surface area (Å²) in [7, 11) is 0. The van der Waals surface area contributed by atoms with Crippen molar-refractivity contribution < 1.29 is 9.53 Å². The molecule has 1 unspecified atom stereocenters. The maximum Gasteiger partial charge on any atom is 0.204 e. The first kappa shape index (κ1) is 12.2. The molecule has 0 aromatic heterocycles. The molecular formula is C13H9ClN2O2. The highest BCUT2D eigenvalue weighted by molar-refractivity contribution is 6.30. The predicted octanol–water partition coefficient (Wildman–Crippen LogP) is 2.23. The van der Waals surface area contributed by atoms with Gasteiger partial charge in [-0.3, -0.25) is 4.79 Å². The maximum atomic E-state index is 11.0. The molecule has 1 aliphatic heterocycles. The molecule has 5 heteroatoms. The van der Waals surface area contributed by atoms with Gasteiger partial charge in [0.2, 0.25) is 5.88 Å². The minimum absolute atomic E-state index is 0.0167. The van der Waals surface area contributed by atoms with E-state index in [0.29, 0.717) is 16.9 Å². The summed E-state index contributed by atoms with van der Waals surface area (Å²) >= 11 is 5.81. The minimum Gasteiger partial charge on any atom is -0.448 e. The molecule has 1 aliphatic rings. The number of halogens is 1. The Morgan fingerprint density at radius 1 is 1.39 bits per heavy atom. The number of benzene rings is 1. The zero-order valence-corrected chi connectivity index (χ0v) is 10.0. The molecule has 1 heterocycles. The van der Waals surface area contributed by atoms with E-state index in [0.717, 1.165) is 5.56 Å². The number of carbonyl (C=O) groups excluding carboxylic acids is 1. The number of hydrogen-bond acceptors (Lipinski definition) is 4. The van der Waals surface area contributed by atoms with E-state index in [9.17, 15) is 4.79 Å². The Kier molecular flexibility index (Phi) is 3.35. The number of ether oxygens (including phenoxy) is 1. The quantitative estimate of drug-likeness (QED) is 0.828. The molecule has 4 nitrogen and oxygen atoms in total. The van der Waals surface area contributed by atoms with Gasteiger partial charge in [-0.2, -0.15) is 5.26 Å². The van der Waals surface area contributed by atoms with Crippen LogP contribution in [0.2, 0.25) is 5.02 Å². The Balaban J connectivity index is 2.52. The second kappa shape index (κ2) is 4.94. The SMILES string of the molecule is N#CC1=C(N)OC=C(C=O)C1c1ccc(Cl)cc1. The van der Waals surface area contributed by atoms with E-state index in [1.54, 1.807) is 24.3 Å². The molecule has 0 saturated carbocycles. The fraction of sp³-hybridized carbons (Fsp3) is 0.0769. The Morgan fingerprint density at radius 2 is 2.06 bits per heavy atom. The highest BCUT2D eigenvalue weighted by Crippen LogP contribution is 2.35. The zero-order valence-electron chi connectivity index (χ0n) is 9.26. The fourth-order valence-corrected chi connectivity index (χ4v) is 1.93. The Morgan fingerprint density at radius 3 is 2.61 bits per heavy atom. The van der Waals surface area contributed by atoms with E-state index in [-0.39, 0.29) is 11.5 Å². The monoisotopic (exact) mass is 260 g/mol. The lowest BCUT2D eigenvalue weighted by Gasteiger charge is -2.21. The van der Waals surface area contributed by atoms with Crippen LogP contribution in [0.5, 0.6) is 0 Å². The van der Waals surface area contributed by atoms with E-state index < -0.39 is 5.92 Å². The topological polar surface area (TPSA) is 76.1 Å². The molecule has 2 N–H and O–H groups in total. The van der Waals surface area contributed by atoms with E-state index >= 15 is 0 Å². The van der Waals surface area contributed by atoms with Gasteiger partial charge in [-0.05, 0) is 17.7 Å². The summed E-state index contributed by atoms with van der Waals surface area (Å²) in [6.45, 7) is 0. The lowest BCUT2D eigenvalue weighted by atomic mass is 9.85. The molecule has 18 heavy (non-hydrogen) atoms. The molecule has 0 amide bonds. The summed E-state index contributed by atoms with van der Waals surface area (Å²) in [5.74, 6) is -0.485. The molecule has 1 aromatic carbocycles. The highest BCUT2D eigenvalue weighted by Gasteiger charge is 2.28. The normalized spacial score (nSPS) is 18.7. The van der Waals surface area contributed by atoms with Crippen LogP contribution in [0.3, 0.4) is 0 Å². The molecule has 1 atom stereocenters. The number of nitrogens with two attached hydrogens (primary N) is 1. The van der Waals surface area contributed by atoms with Crippen LogP contribution < -0.4 is 5.73 Å². The fourth-order valence-electron chi connectivity index (χ4n) is 1.80. The van der Waals surface area contributed by atoms with Gasteiger partial charge in [-0.1, -0.05) is 23.7 Å². The van der Waals surface area contributed by atoms with Crippen LogP contribution in [0.1, 0.15) is 11.5 Å². The number of nitriles is 1. The molecule has 0 spiro atoms. The van der Waals surface area contributed by atoms with Crippen molar-refractivity contribution in [2.45, 2.75) is 5.92 Å². The largest absolute Gasteiger partial charge is 0.448 e. The van der Waals surface area contributed by atoms with Crippen LogP contribution in [-0.2, 0) is 9.53 Å². The summed E-state index contributed by atoms with van der Waals surface area (Å²) in [5, 5.41) is 9.71. The van der Waals surface area contributed by atoms with Gasteiger partial charge in [0.25, 0.3) is 0 Å². The standard InChI is InChI=1S/C13H9ClN2O2/c14-10-3-1-8(2-4-10)12-9(6-17)7-18-13(16)11(12)5-15/h1-4,6-7,12H,16H2. The van der Waals surface area contributed by atoms with Crippen molar-refractivity contribution in [1.82, 2.24) is 0 Å². The van der Waals surface area contributed by atoms with Crippen molar-refractivity contribution >= 4 is 17.9 Å². The predicted molar refractivity (Wildman–Crippen MR) is 66.3 cm³/mol. The van der Waals surface area contributed by atoms with E-state index in [1.165, 1.54) is 6.26 Å². The van der Waals surface area contributed by atoms with Crippen LogP contribution in [-0.4, -0.2) is 6.29 Å². The van der Waals surface area contributed by atoms with Gasteiger partial charge in [-0.15, -0.1) is 0 Å². The third-order valence-electron chi connectivity index (χ3n) is 2.67. The molecule has 0 aliphatic carbocycles. The van der Waals surface area contributed by atoms with Gasteiger partial charge in [-0.25, -0.2) is 0 Å². The van der Waals surface area contributed by atoms with Crippen molar-refractivity contribution in [3.63, 3.8) is 0 Å². The lowest BCUT2D eigenvalue weighted by Crippen LogP contribution is -2.17. The molecule has 0 fully saturated rings. The summed E-state index contributed by atoms with van der Waals surface area (Å²) in [6.07, 6.45) is 1.92. The van der Waals surface area contributed by atoms with Crippen molar-refractivity contribution in [2.75, 3.05) is 0 Å². The maximum absolute atomic E-state index is 11.0. The number of hydrogen-bond donors (Lipinski definition) is 1. The number of allylic oxidation sites excluding steroid dienone is 2. The van der Waals surface area contributed by atoms with Gasteiger partial charge in [0, 0.05) is 10.6 Å². The van der Waals surface area contributed by atoms with Gasteiger partial charge < -0.3 is 10.5 Å². The van der Waals surface area contributed by atoms with Crippen LogP contribution in [0.4, 0.5) is 0 Å². The molecule has 90 valence electrons. The van der Waals surface area contributed by atoms with Crippen LogP contribution in [0, 0.1) is 11.3 Å². The van der Waals surface area contributed by atoms with Crippen LogP contribution in [0.15, 0.2) is 47.6 Å². The molecule has 0 saturated heterocycles.